The van der Waals surface area contributed by atoms with Crippen LogP contribution in [0, 0.1) is 0 Å². The number of aromatic hydroxyl groups is 1. The Bertz CT molecular complexity index is 1030. The molecule has 2 aromatic rings. The van der Waals surface area contributed by atoms with Crippen LogP contribution in [0.5, 0.6) is 5.75 Å². The van der Waals surface area contributed by atoms with Crippen molar-refractivity contribution in [2.75, 3.05) is 30.8 Å². The zero-order valence-corrected chi connectivity index (χ0v) is 26.0. The van der Waals surface area contributed by atoms with Crippen molar-refractivity contribution in [2.24, 2.45) is 4.99 Å². The molecule has 0 radical (unpaired) electrons. The number of halogens is 1. The lowest BCUT2D eigenvalue weighted by Gasteiger charge is -2.32. The number of nitrogens with two attached hydrogens (primary N) is 1. The molecule has 1 aliphatic rings. The number of benzene rings is 2. The predicted molar refractivity (Wildman–Crippen MR) is 164 cm³/mol. The van der Waals surface area contributed by atoms with Gasteiger partial charge in [0.2, 0.25) is 0 Å². The Morgan fingerprint density at radius 1 is 1.24 bits per heavy atom. The fourth-order valence-electron chi connectivity index (χ4n) is 4.27. The van der Waals surface area contributed by atoms with E-state index in [0.29, 0.717) is 47.8 Å². The number of carbonyl (C=O) groups is 1. The zero-order chi connectivity index (χ0) is 28.8. The Balaban J connectivity index is 0.00000172. The highest BCUT2D eigenvalue weighted by Crippen LogP contribution is 2.42. The number of carbonyl (C=O) groups excluding carboxylic acids is 1. The summed E-state index contributed by atoms with van der Waals surface area (Å²) < 4.78 is 5.66. The number of nitrogen functional groups attached to an aromatic ring is 1. The topological polar surface area (TPSA) is 91.4 Å². The van der Waals surface area contributed by atoms with Gasteiger partial charge in [0.1, 0.15) is 17.5 Å². The van der Waals surface area contributed by atoms with E-state index in [0.717, 1.165) is 24.1 Å². The molecule has 0 amide bonds. The van der Waals surface area contributed by atoms with Crippen molar-refractivity contribution in [3.8, 4) is 5.75 Å². The molecule has 0 saturated carbocycles. The monoisotopic (exact) mass is 590 g/mol. The van der Waals surface area contributed by atoms with E-state index in [1.807, 2.05) is 32.6 Å². The van der Waals surface area contributed by atoms with Gasteiger partial charge in [-0.3, -0.25) is 4.99 Å². The van der Waals surface area contributed by atoms with E-state index in [-0.39, 0.29) is 11.7 Å². The molecular weight excluding hydrogens is 544 g/mol. The highest BCUT2D eigenvalue weighted by molar-refractivity contribution is 9.10. The van der Waals surface area contributed by atoms with Gasteiger partial charge in [-0.05, 0) is 57.4 Å². The number of aliphatic imine (C=N–C) groups is 1. The van der Waals surface area contributed by atoms with Crippen LogP contribution in [0.15, 0.2) is 39.8 Å². The molecule has 0 saturated heterocycles. The molecule has 2 aromatic carbocycles. The van der Waals surface area contributed by atoms with E-state index in [2.05, 4.69) is 70.9 Å². The summed E-state index contributed by atoms with van der Waals surface area (Å²) >= 11 is 3.65. The van der Waals surface area contributed by atoms with Crippen molar-refractivity contribution < 1.29 is 14.6 Å². The minimum absolute atomic E-state index is 0.117. The first kappa shape index (κ1) is 33.3. The molecule has 7 nitrogen and oxygen atoms in total. The van der Waals surface area contributed by atoms with Crippen molar-refractivity contribution in [1.29, 1.82) is 0 Å². The summed E-state index contributed by atoms with van der Waals surface area (Å²) in [6.07, 6.45) is 3.16. The Labute approximate surface area is 238 Å². The highest BCUT2D eigenvalue weighted by atomic mass is 79.9. The molecule has 1 unspecified atom stereocenters. The van der Waals surface area contributed by atoms with Crippen molar-refractivity contribution in [3.05, 3.63) is 51.5 Å². The molecule has 8 heteroatoms. The third-order valence-corrected chi connectivity index (χ3v) is 7.08. The van der Waals surface area contributed by atoms with Crippen LogP contribution >= 0.6 is 15.9 Å². The standard InChI is InChI=1S/C26H35BrN4O3.2C2H6/c1-5-12-30(14-18-6-8-19(9-7-18)17(2)3)25-22(32)13-20(23(27)24(25)28)15-31-16-29-11-10-21(31)26(33)34-4;2*1-2/h6-9,13,16-17,21,32H,5,10-12,14-15,28H2,1-4H3;2*1-2H3. The molecule has 0 fully saturated rings. The number of hydrogen-bond acceptors (Lipinski definition) is 7. The van der Waals surface area contributed by atoms with Gasteiger partial charge >= 0.3 is 5.97 Å². The molecular formula is C30H47BrN4O3. The summed E-state index contributed by atoms with van der Waals surface area (Å²) in [5.41, 5.74) is 10.9. The lowest BCUT2D eigenvalue weighted by Crippen LogP contribution is -2.43. The zero-order valence-electron chi connectivity index (χ0n) is 24.4. The van der Waals surface area contributed by atoms with Gasteiger partial charge < -0.3 is 25.4 Å². The highest BCUT2D eigenvalue weighted by Gasteiger charge is 2.29. The molecule has 0 spiro atoms. The Kier molecular flexibility index (Phi) is 14.9. The van der Waals surface area contributed by atoms with E-state index in [1.54, 1.807) is 12.4 Å². The maximum absolute atomic E-state index is 12.2. The summed E-state index contributed by atoms with van der Waals surface area (Å²) in [6.45, 7) is 16.8. The van der Waals surface area contributed by atoms with Crippen molar-refractivity contribution in [3.63, 3.8) is 0 Å². The van der Waals surface area contributed by atoms with Gasteiger partial charge in [-0.15, -0.1) is 0 Å². The molecule has 1 atom stereocenters. The smallest absolute Gasteiger partial charge is 0.328 e. The fourth-order valence-corrected chi connectivity index (χ4v) is 4.70. The number of esters is 1. The van der Waals surface area contributed by atoms with Crippen LogP contribution < -0.4 is 10.6 Å². The number of phenolic OH excluding ortho intramolecular Hbond substituents is 1. The first-order chi connectivity index (χ1) is 18.3. The average Bonchev–Trinajstić information content (AvgIpc) is 2.94. The van der Waals surface area contributed by atoms with Crippen molar-refractivity contribution >= 4 is 39.6 Å². The Hall–Kier alpha value is -2.74. The predicted octanol–water partition coefficient (Wildman–Crippen LogP) is 7.10. The number of methoxy groups -OCH3 is 1. The van der Waals surface area contributed by atoms with E-state index in [1.165, 1.54) is 12.7 Å². The first-order valence-corrected chi connectivity index (χ1v) is 14.5. The molecule has 1 aliphatic heterocycles. The lowest BCUT2D eigenvalue weighted by molar-refractivity contribution is -0.145. The quantitative estimate of drug-likeness (QED) is 0.239. The van der Waals surface area contributed by atoms with E-state index >= 15 is 0 Å². The van der Waals surface area contributed by atoms with E-state index in [4.69, 9.17) is 10.5 Å². The number of anilines is 2. The average molecular weight is 592 g/mol. The first-order valence-electron chi connectivity index (χ1n) is 13.7. The second-order valence-corrected chi connectivity index (χ2v) is 9.76. The van der Waals surface area contributed by atoms with Gasteiger partial charge in [0.15, 0.2) is 0 Å². The van der Waals surface area contributed by atoms with Crippen LogP contribution in [0.1, 0.15) is 83.9 Å². The number of rotatable bonds is 9. The molecule has 3 N–H and O–H groups in total. The minimum atomic E-state index is -0.414. The Morgan fingerprint density at radius 3 is 2.42 bits per heavy atom. The van der Waals surface area contributed by atoms with Crippen molar-refractivity contribution in [2.45, 2.75) is 86.4 Å². The maximum atomic E-state index is 12.2. The van der Waals surface area contributed by atoms with Gasteiger partial charge in [-0.25, -0.2) is 4.79 Å². The summed E-state index contributed by atoms with van der Waals surface area (Å²) in [7, 11) is 1.39. The third kappa shape index (κ3) is 8.65. The molecule has 212 valence electrons. The molecule has 0 bridgehead atoms. The maximum Gasteiger partial charge on any atom is 0.328 e. The normalized spacial score (nSPS) is 14.3. The molecule has 0 aliphatic carbocycles. The third-order valence-electron chi connectivity index (χ3n) is 6.14. The number of ether oxygens (including phenoxy) is 1. The van der Waals surface area contributed by atoms with Crippen LogP contribution in [0.3, 0.4) is 0 Å². The van der Waals surface area contributed by atoms with E-state index < -0.39 is 6.04 Å². The summed E-state index contributed by atoms with van der Waals surface area (Å²) in [5.74, 6) is 0.299. The SMILES string of the molecule is CC.CC.CCCN(Cc1ccc(C(C)C)cc1)c1c(O)cc(CN2C=NCCC2C(=O)OC)c(Br)c1N. The largest absolute Gasteiger partial charge is 0.506 e. The number of phenols is 1. The summed E-state index contributed by atoms with van der Waals surface area (Å²) in [5, 5.41) is 11.1. The second-order valence-electron chi connectivity index (χ2n) is 8.97. The number of hydrogen-bond donors (Lipinski definition) is 2. The van der Waals surface area contributed by atoms with Crippen molar-refractivity contribution in [1.82, 2.24) is 4.90 Å². The lowest BCUT2D eigenvalue weighted by atomic mass is 10.0. The molecule has 1 heterocycles. The Morgan fingerprint density at radius 2 is 1.87 bits per heavy atom. The van der Waals surface area contributed by atoms with Crippen LogP contribution in [0.4, 0.5) is 11.4 Å². The van der Waals surface area contributed by atoms with Gasteiger partial charge in [0.25, 0.3) is 0 Å². The second kappa shape index (κ2) is 17.0. The van der Waals surface area contributed by atoms with E-state index in [9.17, 15) is 9.90 Å². The van der Waals surface area contributed by atoms with Gasteiger partial charge in [-0.1, -0.05) is 72.7 Å². The van der Waals surface area contributed by atoms with Gasteiger partial charge in [0, 0.05) is 30.7 Å². The minimum Gasteiger partial charge on any atom is -0.506 e. The summed E-state index contributed by atoms with van der Waals surface area (Å²) in [6, 6.07) is 9.89. The van der Waals surface area contributed by atoms with Crippen LogP contribution in [0.2, 0.25) is 0 Å². The van der Waals surface area contributed by atoms with Crippen LogP contribution in [-0.2, 0) is 22.6 Å². The molecule has 38 heavy (non-hydrogen) atoms. The fraction of sp³-hybridized carbons (Fsp3) is 0.533. The van der Waals surface area contributed by atoms with Crippen LogP contribution in [0.25, 0.3) is 0 Å². The summed E-state index contributed by atoms with van der Waals surface area (Å²) in [4.78, 5) is 20.5. The van der Waals surface area contributed by atoms with Gasteiger partial charge in [0.05, 0.1) is 19.1 Å². The molecule has 0 aromatic heterocycles. The van der Waals surface area contributed by atoms with Crippen LogP contribution in [-0.4, -0.2) is 48.6 Å². The molecule has 3 rings (SSSR count). The number of nitrogens with zero attached hydrogens (tertiary/aromatic N) is 3. The van der Waals surface area contributed by atoms with Gasteiger partial charge in [-0.2, -0.15) is 0 Å².